The fraction of sp³-hybridized carbons (Fsp3) is 0.708. The molecule has 7 heteroatoms. The summed E-state index contributed by atoms with van der Waals surface area (Å²) in [5, 5.41) is 0. The minimum Gasteiger partial charge on any atom is -0.463 e. The molecule has 2 aliphatic rings. The van der Waals surface area contributed by atoms with Gasteiger partial charge < -0.3 is 19.4 Å². The van der Waals surface area contributed by atoms with Gasteiger partial charge >= 0.3 is 6.01 Å². The summed E-state index contributed by atoms with van der Waals surface area (Å²) in [6.45, 7) is 15.0. The lowest BCUT2D eigenvalue weighted by Crippen LogP contribution is -2.49. The second-order valence-electron chi connectivity index (χ2n) is 8.48. The van der Waals surface area contributed by atoms with Crippen LogP contribution in [-0.2, 0) is 17.6 Å². The molecule has 3 heterocycles. The predicted molar refractivity (Wildman–Crippen MR) is 125 cm³/mol. The van der Waals surface area contributed by atoms with Crippen LogP contribution < -0.4 is 9.64 Å². The lowest BCUT2D eigenvalue weighted by Gasteiger charge is -2.36. The van der Waals surface area contributed by atoms with E-state index >= 15 is 0 Å². The number of likely N-dealkylation sites (tertiary alicyclic amines) is 1. The lowest BCUT2D eigenvalue weighted by molar-refractivity contribution is -0.126. The summed E-state index contributed by atoms with van der Waals surface area (Å²) >= 11 is 0. The maximum atomic E-state index is 11.9. The van der Waals surface area contributed by atoms with Gasteiger partial charge in [-0.2, -0.15) is 9.97 Å². The van der Waals surface area contributed by atoms with Gasteiger partial charge in [0.25, 0.3) is 0 Å². The van der Waals surface area contributed by atoms with Crippen LogP contribution in [-0.4, -0.2) is 78.1 Å². The Morgan fingerprint density at radius 1 is 1.06 bits per heavy atom. The first-order valence-corrected chi connectivity index (χ1v) is 12.1. The monoisotopic (exact) mass is 429 g/mol. The summed E-state index contributed by atoms with van der Waals surface area (Å²) in [6.07, 6.45) is 9.27. The number of carbonyl (C=O) groups excluding carboxylic acids is 1. The number of amides is 1. The second kappa shape index (κ2) is 12.0. The molecule has 2 fully saturated rings. The molecule has 1 aromatic heterocycles. The Morgan fingerprint density at radius 2 is 1.81 bits per heavy atom. The summed E-state index contributed by atoms with van der Waals surface area (Å²) in [5.74, 6) is 0.994. The molecule has 31 heavy (non-hydrogen) atoms. The van der Waals surface area contributed by atoms with E-state index in [4.69, 9.17) is 14.7 Å². The highest BCUT2D eigenvalue weighted by atomic mass is 16.5. The number of aromatic nitrogens is 2. The highest BCUT2D eigenvalue weighted by Gasteiger charge is 2.24. The Kier molecular flexibility index (Phi) is 9.13. The van der Waals surface area contributed by atoms with Crippen molar-refractivity contribution in [1.82, 2.24) is 19.8 Å². The molecule has 3 rings (SSSR count). The van der Waals surface area contributed by atoms with Crippen LogP contribution in [0.25, 0.3) is 0 Å². The van der Waals surface area contributed by atoms with E-state index in [1.807, 2.05) is 4.90 Å². The number of ether oxygens (including phenoxy) is 1. The minimum absolute atomic E-state index is 0.00287. The van der Waals surface area contributed by atoms with Crippen molar-refractivity contribution in [2.75, 3.05) is 57.3 Å². The summed E-state index contributed by atoms with van der Waals surface area (Å²) in [7, 11) is 0. The van der Waals surface area contributed by atoms with Gasteiger partial charge in [0.2, 0.25) is 5.91 Å². The lowest BCUT2D eigenvalue weighted by atomic mass is 10.1. The van der Waals surface area contributed by atoms with Gasteiger partial charge in [0.05, 0.1) is 12.3 Å². The van der Waals surface area contributed by atoms with Crippen molar-refractivity contribution < 1.29 is 9.53 Å². The van der Waals surface area contributed by atoms with E-state index in [0.717, 1.165) is 56.8 Å². The van der Waals surface area contributed by atoms with Crippen LogP contribution in [0.15, 0.2) is 12.7 Å². The summed E-state index contributed by atoms with van der Waals surface area (Å²) in [4.78, 5) is 28.2. The average molecular weight is 430 g/mol. The van der Waals surface area contributed by atoms with Crippen molar-refractivity contribution in [3.8, 4) is 6.01 Å². The van der Waals surface area contributed by atoms with Crippen LogP contribution in [0.2, 0.25) is 0 Å². The van der Waals surface area contributed by atoms with E-state index in [9.17, 15) is 4.79 Å². The van der Waals surface area contributed by atoms with Gasteiger partial charge in [0.15, 0.2) is 0 Å². The number of hydrogen-bond donors (Lipinski definition) is 0. The third-order valence-electron chi connectivity index (χ3n) is 6.25. The quantitative estimate of drug-likeness (QED) is 0.421. The summed E-state index contributed by atoms with van der Waals surface area (Å²) < 4.78 is 6.03. The molecule has 0 spiro atoms. The number of nitrogens with zero attached hydrogens (tertiary/aromatic N) is 5. The van der Waals surface area contributed by atoms with Crippen molar-refractivity contribution in [2.24, 2.45) is 0 Å². The molecule has 172 valence electrons. The zero-order valence-corrected chi connectivity index (χ0v) is 19.4. The fourth-order valence-corrected chi connectivity index (χ4v) is 4.52. The number of rotatable bonds is 10. The Bertz CT molecular complexity index is 725. The number of anilines is 1. The Hall–Kier alpha value is -2.15. The molecule has 1 aromatic rings. The third-order valence-corrected chi connectivity index (χ3v) is 6.25. The first-order chi connectivity index (χ1) is 15.2. The largest absolute Gasteiger partial charge is 0.463 e. The van der Waals surface area contributed by atoms with Gasteiger partial charge in [-0.25, -0.2) is 0 Å². The molecule has 7 nitrogen and oxygen atoms in total. The van der Waals surface area contributed by atoms with E-state index in [1.165, 1.54) is 44.0 Å². The molecule has 0 radical (unpaired) electrons. The number of piperidine rings is 1. The summed E-state index contributed by atoms with van der Waals surface area (Å²) in [6, 6.07) is 0.495. The van der Waals surface area contributed by atoms with E-state index in [2.05, 4.69) is 30.2 Å². The molecule has 2 saturated heterocycles. The van der Waals surface area contributed by atoms with Gasteiger partial charge in [0.1, 0.15) is 5.82 Å². The first kappa shape index (κ1) is 23.5. The van der Waals surface area contributed by atoms with E-state index in [-0.39, 0.29) is 5.91 Å². The van der Waals surface area contributed by atoms with E-state index in [1.54, 1.807) is 0 Å². The van der Waals surface area contributed by atoms with Gasteiger partial charge in [-0.1, -0.05) is 33.3 Å². The van der Waals surface area contributed by atoms with Crippen molar-refractivity contribution in [1.29, 1.82) is 0 Å². The number of aryl methyl sites for hydroxylation is 1. The molecular weight excluding hydrogens is 390 g/mol. The van der Waals surface area contributed by atoms with Crippen molar-refractivity contribution in [2.45, 2.75) is 58.8 Å². The maximum absolute atomic E-state index is 11.9. The number of piperazine rings is 1. The van der Waals surface area contributed by atoms with Gasteiger partial charge in [-0.15, -0.1) is 0 Å². The topological polar surface area (TPSA) is 61.8 Å². The summed E-state index contributed by atoms with van der Waals surface area (Å²) in [5.41, 5.74) is 2.32. The molecule has 0 N–H and O–H groups in total. The van der Waals surface area contributed by atoms with Crippen molar-refractivity contribution in [3.05, 3.63) is 23.9 Å². The average Bonchev–Trinajstić information content (AvgIpc) is 2.82. The SMILES string of the molecule is C=CC(=O)N1CCN(c2nc(OCCCN3CCCCC3)nc(CC)c2CCC)CC1. The molecule has 0 aromatic carbocycles. The zero-order chi connectivity index (χ0) is 22.1. The Labute approximate surface area is 187 Å². The fourth-order valence-electron chi connectivity index (χ4n) is 4.52. The van der Waals surface area contributed by atoms with E-state index in [0.29, 0.717) is 25.7 Å². The standard InChI is InChI=1S/C24H39N5O2/c1-4-11-20-21(5-2)25-24(31-19-10-14-27-12-8-7-9-13-27)26-23(20)29-17-15-28(16-18-29)22(30)6-3/h6H,3-5,7-19H2,1-2H3. The molecule has 0 saturated carbocycles. The smallest absolute Gasteiger partial charge is 0.318 e. The number of carbonyl (C=O) groups is 1. The minimum atomic E-state index is 0.00287. The number of hydrogen-bond acceptors (Lipinski definition) is 6. The third kappa shape index (κ3) is 6.42. The van der Waals surface area contributed by atoms with Crippen LogP contribution >= 0.6 is 0 Å². The molecule has 2 aliphatic heterocycles. The van der Waals surface area contributed by atoms with Gasteiger partial charge in [-0.3, -0.25) is 4.79 Å². The van der Waals surface area contributed by atoms with Crippen molar-refractivity contribution >= 4 is 11.7 Å². The molecule has 0 aliphatic carbocycles. The van der Waals surface area contributed by atoms with Crippen molar-refractivity contribution in [3.63, 3.8) is 0 Å². The molecule has 0 unspecified atom stereocenters. The maximum Gasteiger partial charge on any atom is 0.318 e. The first-order valence-electron chi connectivity index (χ1n) is 12.1. The van der Waals surface area contributed by atoms with Crippen LogP contribution in [0.5, 0.6) is 6.01 Å². The van der Waals surface area contributed by atoms with Gasteiger partial charge in [0, 0.05) is 38.3 Å². The molecule has 0 bridgehead atoms. The highest BCUT2D eigenvalue weighted by molar-refractivity contribution is 5.87. The zero-order valence-electron chi connectivity index (χ0n) is 19.4. The second-order valence-corrected chi connectivity index (χ2v) is 8.48. The predicted octanol–water partition coefficient (Wildman–Crippen LogP) is 3.08. The van der Waals surface area contributed by atoms with Crippen LogP contribution in [0, 0.1) is 0 Å². The molecule has 1 amide bonds. The highest BCUT2D eigenvalue weighted by Crippen LogP contribution is 2.27. The Balaban J connectivity index is 1.66. The van der Waals surface area contributed by atoms with Crippen LogP contribution in [0.1, 0.15) is 57.2 Å². The molecular formula is C24H39N5O2. The van der Waals surface area contributed by atoms with E-state index < -0.39 is 0 Å². The van der Waals surface area contributed by atoms with Crippen LogP contribution in [0.4, 0.5) is 5.82 Å². The Morgan fingerprint density at radius 3 is 2.45 bits per heavy atom. The van der Waals surface area contributed by atoms with Crippen LogP contribution in [0.3, 0.4) is 0 Å². The normalized spacial score (nSPS) is 17.6. The molecule has 0 atom stereocenters. The van der Waals surface area contributed by atoms with Gasteiger partial charge in [-0.05, 0) is 51.3 Å².